The highest BCUT2D eigenvalue weighted by atomic mass is 79.9. The van der Waals surface area contributed by atoms with Crippen molar-refractivity contribution in [3.05, 3.63) is 56.9 Å². The first-order valence-electron chi connectivity index (χ1n) is 9.24. The van der Waals surface area contributed by atoms with Crippen LogP contribution in [0.25, 0.3) is 11.2 Å². The van der Waals surface area contributed by atoms with Crippen LogP contribution in [0.5, 0.6) is 0 Å². The van der Waals surface area contributed by atoms with Crippen molar-refractivity contribution in [3.8, 4) is 0 Å². The Balaban J connectivity index is 1.88. The van der Waals surface area contributed by atoms with E-state index in [-0.39, 0.29) is 18.4 Å². The van der Waals surface area contributed by atoms with Gasteiger partial charge in [-0.2, -0.15) is 0 Å². The molecule has 140 valence electrons. The lowest BCUT2D eigenvalue weighted by Gasteiger charge is -2.17. The molecule has 2 aromatic heterocycles. The Morgan fingerprint density at radius 2 is 2.15 bits per heavy atom. The molecule has 0 aliphatic heterocycles. The first-order valence-corrected chi connectivity index (χ1v) is 10.0. The minimum atomic E-state index is -0.279. The normalized spacial score (nSPS) is 15.9. The van der Waals surface area contributed by atoms with E-state index >= 15 is 0 Å². The quantitative estimate of drug-likeness (QED) is 0.581. The molecule has 0 radical (unpaired) electrons. The maximum atomic E-state index is 11.7. The second kappa shape index (κ2) is 7.08. The summed E-state index contributed by atoms with van der Waals surface area (Å²) in [5.74, 6) is 0.760. The number of carbonyl (C=O) groups excluding carboxylic acids is 1. The Morgan fingerprint density at radius 3 is 2.89 bits per heavy atom. The highest BCUT2D eigenvalue weighted by Gasteiger charge is 2.28. The number of ether oxygens (including phenoxy) is 1. The highest BCUT2D eigenvalue weighted by Crippen LogP contribution is 2.38. The number of pyridine rings is 1. The van der Waals surface area contributed by atoms with Gasteiger partial charge in [-0.15, -0.1) is 0 Å². The van der Waals surface area contributed by atoms with Gasteiger partial charge in [-0.3, -0.25) is 4.79 Å². The van der Waals surface area contributed by atoms with Gasteiger partial charge >= 0.3 is 5.97 Å². The van der Waals surface area contributed by atoms with Crippen molar-refractivity contribution in [1.82, 2.24) is 14.5 Å². The Labute approximate surface area is 166 Å². The molecule has 3 aromatic rings. The zero-order valence-electron chi connectivity index (χ0n) is 15.8. The molecule has 0 N–H and O–H groups in total. The Bertz CT molecular complexity index is 1040. The van der Waals surface area contributed by atoms with Gasteiger partial charge in [-0.05, 0) is 54.7 Å². The van der Waals surface area contributed by atoms with Crippen molar-refractivity contribution >= 4 is 33.1 Å². The molecular weight excluding hydrogens is 406 g/mol. The second-order valence-corrected chi connectivity index (χ2v) is 7.92. The molecule has 5 nitrogen and oxygen atoms in total. The number of rotatable bonds is 4. The van der Waals surface area contributed by atoms with Crippen LogP contribution in [0, 0.1) is 6.92 Å². The standard InChI is InChI=1S/C21H22BrN3O2/c1-4-18-24-20-12(2)9-15(11-19(26)27-3)23-21(20)25(18)17-8-5-13-10-14(22)6-7-16(13)17/h6-7,9-10,17H,4-5,8,11H2,1-3H3. The number of carbonyl (C=O) groups is 1. The van der Waals surface area contributed by atoms with Crippen LogP contribution in [0.3, 0.4) is 0 Å². The van der Waals surface area contributed by atoms with Crippen LogP contribution in [0.1, 0.15) is 47.6 Å². The molecule has 4 rings (SSSR count). The van der Waals surface area contributed by atoms with Crippen LogP contribution < -0.4 is 0 Å². The number of esters is 1. The largest absolute Gasteiger partial charge is 0.469 e. The van der Waals surface area contributed by atoms with Crippen LogP contribution in [-0.2, 0) is 28.8 Å². The smallest absolute Gasteiger partial charge is 0.311 e. The van der Waals surface area contributed by atoms with Crippen molar-refractivity contribution in [2.24, 2.45) is 0 Å². The van der Waals surface area contributed by atoms with Crippen LogP contribution in [0.15, 0.2) is 28.7 Å². The SMILES string of the molecule is CCc1nc2c(C)cc(CC(=O)OC)nc2n1C1CCc2cc(Br)ccc21. The van der Waals surface area contributed by atoms with Gasteiger partial charge in [0.1, 0.15) is 11.3 Å². The van der Waals surface area contributed by atoms with E-state index in [4.69, 9.17) is 14.7 Å². The summed E-state index contributed by atoms with van der Waals surface area (Å²) >= 11 is 3.57. The topological polar surface area (TPSA) is 57.0 Å². The lowest BCUT2D eigenvalue weighted by Crippen LogP contribution is -2.13. The first kappa shape index (κ1) is 18.2. The molecule has 0 saturated carbocycles. The number of fused-ring (bicyclic) bond motifs is 2. The molecule has 0 spiro atoms. The monoisotopic (exact) mass is 427 g/mol. The number of halogens is 1. The van der Waals surface area contributed by atoms with Gasteiger partial charge in [0.15, 0.2) is 5.65 Å². The molecule has 0 fully saturated rings. The summed E-state index contributed by atoms with van der Waals surface area (Å²) in [4.78, 5) is 21.4. The number of hydrogen-bond acceptors (Lipinski definition) is 4. The predicted molar refractivity (Wildman–Crippen MR) is 108 cm³/mol. The van der Waals surface area contributed by atoms with E-state index in [0.717, 1.165) is 52.0 Å². The first-order chi connectivity index (χ1) is 13.0. The van der Waals surface area contributed by atoms with Crippen molar-refractivity contribution in [3.63, 3.8) is 0 Å². The fraction of sp³-hybridized carbons (Fsp3) is 0.381. The van der Waals surface area contributed by atoms with Gasteiger partial charge in [-0.25, -0.2) is 9.97 Å². The number of benzene rings is 1. The minimum absolute atomic E-state index is 0.175. The Hall–Kier alpha value is -2.21. The van der Waals surface area contributed by atoms with Crippen LogP contribution in [-0.4, -0.2) is 27.6 Å². The summed E-state index contributed by atoms with van der Waals surface area (Å²) in [6.45, 7) is 4.15. The molecule has 1 atom stereocenters. The zero-order chi connectivity index (χ0) is 19.1. The fourth-order valence-electron chi connectivity index (χ4n) is 4.05. The average Bonchev–Trinajstić information content (AvgIpc) is 3.21. The molecular formula is C21H22BrN3O2. The van der Waals surface area contributed by atoms with Gasteiger partial charge in [0.05, 0.1) is 25.3 Å². The second-order valence-electron chi connectivity index (χ2n) is 7.00. The van der Waals surface area contributed by atoms with E-state index in [0.29, 0.717) is 0 Å². The number of aromatic nitrogens is 3. The molecule has 0 amide bonds. The van der Waals surface area contributed by atoms with E-state index in [1.54, 1.807) is 0 Å². The Morgan fingerprint density at radius 1 is 1.33 bits per heavy atom. The number of nitrogens with zero attached hydrogens (tertiary/aromatic N) is 3. The van der Waals surface area contributed by atoms with Crippen LogP contribution in [0.4, 0.5) is 0 Å². The van der Waals surface area contributed by atoms with E-state index in [9.17, 15) is 4.79 Å². The van der Waals surface area contributed by atoms with Crippen molar-refractivity contribution in [2.45, 2.75) is 45.6 Å². The fourth-order valence-corrected chi connectivity index (χ4v) is 4.46. The minimum Gasteiger partial charge on any atom is -0.469 e. The summed E-state index contributed by atoms with van der Waals surface area (Å²) in [6.07, 6.45) is 3.09. The molecule has 0 saturated heterocycles. The summed E-state index contributed by atoms with van der Waals surface area (Å²) in [5, 5.41) is 0. The van der Waals surface area contributed by atoms with Crippen LogP contribution in [0.2, 0.25) is 0 Å². The summed E-state index contributed by atoms with van der Waals surface area (Å²) in [5.41, 5.74) is 6.27. The third kappa shape index (κ3) is 3.16. The van der Waals surface area contributed by atoms with Crippen molar-refractivity contribution in [1.29, 1.82) is 0 Å². The van der Waals surface area contributed by atoms with Crippen molar-refractivity contribution < 1.29 is 9.53 Å². The summed E-state index contributed by atoms with van der Waals surface area (Å²) in [7, 11) is 1.40. The summed E-state index contributed by atoms with van der Waals surface area (Å²) in [6, 6.07) is 8.68. The molecule has 1 aromatic carbocycles. The summed E-state index contributed by atoms with van der Waals surface area (Å²) < 4.78 is 8.21. The zero-order valence-corrected chi connectivity index (χ0v) is 17.3. The van der Waals surface area contributed by atoms with Gasteiger partial charge in [0, 0.05) is 10.9 Å². The maximum Gasteiger partial charge on any atom is 0.311 e. The lowest BCUT2D eigenvalue weighted by molar-refractivity contribution is -0.139. The molecule has 0 bridgehead atoms. The third-order valence-corrected chi connectivity index (χ3v) is 5.79. The van der Waals surface area contributed by atoms with Crippen LogP contribution >= 0.6 is 15.9 Å². The number of imidazole rings is 1. The molecule has 1 aliphatic carbocycles. The third-order valence-electron chi connectivity index (χ3n) is 5.30. The van der Waals surface area contributed by atoms with Gasteiger partial charge in [0.2, 0.25) is 0 Å². The maximum absolute atomic E-state index is 11.7. The Kier molecular flexibility index (Phi) is 4.76. The van der Waals surface area contributed by atoms with E-state index < -0.39 is 0 Å². The number of aryl methyl sites for hydroxylation is 3. The molecule has 1 unspecified atom stereocenters. The lowest BCUT2D eigenvalue weighted by atomic mass is 10.1. The van der Waals surface area contributed by atoms with Gasteiger partial charge in [-0.1, -0.05) is 28.9 Å². The van der Waals surface area contributed by atoms with Gasteiger partial charge < -0.3 is 9.30 Å². The van der Waals surface area contributed by atoms with E-state index in [1.165, 1.54) is 18.2 Å². The van der Waals surface area contributed by atoms with Gasteiger partial charge in [0.25, 0.3) is 0 Å². The number of hydrogen-bond donors (Lipinski definition) is 0. The molecule has 6 heteroatoms. The highest BCUT2D eigenvalue weighted by molar-refractivity contribution is 9.10. The predicted octanol–water partition coefficient (Wildman–Crippen LogP) is 4.32. The molecule has 1 aliphatic rings. The molecule has 2 heterocycles. The van der Waals surface area contributed by atoms with E-state index in [2.05, 4.69) is 45.6 Å². The van der Waals surface area contributed by atoms with E-state index in [1.807, 2.05) is 13.0 Å². The molecule has 27 heavy (non-hydrogen) atoms. The van der Waals surface area contributed by atoms with Crippen molar-refractivity contribution in [2.75, 3.05) is 7.11 Å². The number of methoxy groups -OCH3 is 1. The average molecular weight is 428 g/mol.